The summed E-state index contributed by atoms with van der Waals surface area (Å²) in [4.78, 5) is 22.6. The first-order valence-corrected chi connectivity index (χ1v) is 7.83. The molecule has 0 aliphatic carbocycles. The number of carbonyl (C=O) groups excluding carboxylic acids is 1. The Bertz CT molecular complexity index is 566. The van der Waals surface area contributed by atoms with Crippen LogP contribution in [0.25, 0.3) is 0 Å². The third-order valence-electron chi connectivity index (χ3n) is 3.59. The van der Waals surface area contributed by atoms with Crippen molar-refractivity contribution in [2.75, 3.05) is 25.0 Å². The van der Waals surface area contributed by atoms with E-state index in [0.717, 1.165) is 25.3 Å². The molecular formula is C17H24N4O2. The molecule has 1 aromatic heterocycles. The fourth-order valence-electron chi connectivity index (χ4n) is 2.35. The highest BCUT2D eigenvalue weighted by molar-refractivity contribution is 5.89. The van der Waals surface area contributed by atoms with Gasteiger partial charge < -0.3 is 15.0 Å². The molecule has 0 aromatic carbocycles. The SMILES string of the molecule is C#CCN(C[C@@H]1CCCO1)C(=O)Nc1cnc(C(C)(C)C)nc1. The molecule has 2 heterocycles. The van der Waals surface area contributed by atoms with E-state index in [1.807, 2.05) is 20.8 Å². The number of aromatic nitrogens is 2. The Balaban J connectivity index is 1.98. The fraction of sp³-hybridized carbons (Fsp3) is 0.588. The highest BCUT2D eigenvalue weighted by Crippen LogP contribution is 2.18. The van der Waals surface area contributed by atoms with Crippen molar-refractivity contribution in [2.45, 2.75) is 45.1 Å². The molecule has 2 rings (SSSR count). The summed E-state index contributed by atoms with van der Waals surface area (Å²) in [6, 6.07) is -0.259. The van der Waals surface area contributed by atoms with Gasteiger partial charge in [-0.3, -0.25) is 0 Å². The summed E-state index contributed by atoms with van der Waals surface area (Å²) in [7, 11) is 0. The largest absolute Gasteiger partial charge is 0.376 e. The number of hydrogen-bond donors (Lipinski definition) is 1. The monoisotopic (exact) mass is 316 g/mol. The van der Waals surface area contributed by atoms with Gasteiger partial charge in [-0.1, -0.05) is 26.7 Å². The van der Waals surface area contributed by atoms with Gasteiger partial charge >= 0.3 is 6.03 Å². The second-order valence-corrected chi connectivity index (χ2v) is 6.70. The first kappa shape index (κ1) is 17.2. The van der Waals surface area contributed by atoms with Crippen LogP contribution in [0.5, 0.6) is 0 Å². The van der Waals surface area contributed by atoms with E-state index in [2.05, 4.69) is 21.2 Å². The van der Waals surface area contributed by atoms with Gasteiger partial charge in [0.25, 0.3) is 0 Å². The Labute approximate surface area is 137 Å². The van der Waals surface area contributed by atoms with E-state index in [1.54, 1.807) is 17.3 Å². The maximum atomic E-state index is 12.4. The highest BCUT2D eigenvalue weighted by atomic mass is 16.5. The number of nitrogens with zero attached hydrogens (tertiary/aromatic N) is 3. The second kappa shape index (κ2) is 7.42. The van der Waals surface area contributed by atoms with E-state index in [-0.39, 0.29) is 24.1 Å². The molecule has 6 heteroatoms. The van der Waals surface area contributed by atoms with Crippen LogP contribution in [0.2, 0.25) is 0 Å². The van der Waals surface area contributed by atoms with E-state index in [1.165, 1.54) is 0 Å². The van der Waals surface area contributed by atoms with Crippen molar-refractivity contribution >= 4 is 11.7 Å². The van der Waals surface area contributed by atoms with Gasteiger partial charge in [0.05, 0.1) is 30.7 Å². The molecule has 124 valence electrons. The molecule has 0 saturated carbocycles. The molecule has 1 atom stereocenters. The third kappa shape index (κ3) is 4.93. The van der Waals surface area contributed by atoms with Gasteiger partial charge in [-0.2, -0.15) is 0 Å². The topological polar surface area (TPSA) is 67.3 Å². The fourth-order valence-corrected chi connectivity index (χ4v) is 2.35. The van der Waals surface area contributed by atoms with E-state index < -0.39 is 0 Å². The zero-order valence-electron chi connectivity index (χ0n) is 14.0. The molecule has 1 saturated heterocycles. The van der Waals surface area contributed by atoms with Crippen LogP contribution in [0, 0.1) is 12.3 Å². The van der Waals surface area contributed by atoms with Crippen molar-refractivity contribution < 1.29 is 9.53 Å². The summed E-state index contributed by atoms with van der Waals surface area (Å²) in [6.07, 6.45) is 10.6. The lowest BCUT2D eigenvalue weighted by molar-refractivity contribution is 0.0867. The number of amides is 2. The van der Waals surface area contributed by atoms with Crippen molar-refractivity contribution in [3.05, 3.63) is 18.2 Å². The molecule has 1 aliphatic rings. The Hall–Kier alpha value is -2.13. The summed E-state index contributed by atoms with van der Waals surface area (Å²) >= 11 is 0. The molecule has 1 N–H and O–H groups in total. The molecule has 0 radical (unpaired) electrons. The summed E-state index contributed by atoms with van der Waals surface area (Å²) in [5.41, 5.74) is 0.426. The van der Waals surface area contributed by atoms with Crippen LogP contribution < -0.4 is 5.32 Å². The third-order valence-corrected chi connectivity index (χ3v) is 3.59. The van der Waals surface area contributed by atoms with Crippen molar-refractivity contribution in [1.29, 1.82) is 0 Å². The second-order valence-electron chi connectivity index (χ2n) is 6.70. The average molecular weight is 316 g/mol. The number of nitrogens with one attached hydrogen (secondary N) is 1. The number of ether oxygens (including phenoxy) is 1. The van der Waals surface area contributed by atoms with Crippen molar-refractivity contribution in [1.82, 2.24) is 14.9 Å². The summed E-state index contributed by atoms with van der Waals surface area (Å²) < 4.78 is 5.57. The summed E-state index contributed by atoms with van der Waals surface area (Å²) in [5.74, 6) is 3.25. The number of hydrogen-bond acceptors (Lipinski definition) is 4. The number of terminal acetylenes is 1. The van der Waals surface area contributed by atoms with Crippen LogP contribution in [0.15, 0.2) is 12.4 Å². The normalized spacial score (nSPS) is 17.6. The van der Waals surface area contributed by atoms with Gasteiger partial charge in [0.15, 0.2) is 0 Å². The molecule has 0 bridgehead atoms. The number of rotatable bonds is 4. The van der Waals surface area contributed by atoms with Crippen LogP contribution in [-0.2, 0) is 10.2 Å². The lowest BCUT2D eigenvalue weighted by Crippen LogP contribution is -2.40. The Morgan fingerprint density at radius 3 is 2.70 bits per heavy atom. The smallest absolute Gasteiger partial charge is 0.322 e. The standard InChI is InChI=1S/C17H24N4O2/c1-5-8-21(12-14-7-6-9-23-14)16(22)20-13-10-18-15(19-11-13)17(2,3)4/h1,10-11,14H,6-9,12H2,2-4H3,(H,20,22)/t14-/m0/s1. The molecule has 2 amide bonds. The minimum Gasteiger partial charge on any atom is -0.376 e. The maximum Gasteiger partial charge on any atom is 0.322 e. The van der Waals surface area contributed by atoms with Crippen molar-refractivity contribution in [3.8, 4) is 12.3 Å². The number of anilines is 1. The van der Waals surface area contributed by atoms with E-state index in [9.17, 15) is 4.79 Å². The van der Waals surface area contributed by atoms with Crippen LogP contribution in [0.1, 0.15) is 39.4 Å². The molecule has 6 nitrogen and oxygen atoms in total. The Morgan fingerprint density at radius 2 is 2.17 bits per heavy atom. The predicted octanol–water partition coefficient (Wildman–Crippen LogP) is 2.42. The lowest BCUT2D eigenvalue weighted by Gasteiger charge is -2.23. The van der Waals surface area contributed by atoms with E-state index >= 15 is 0 Å². The van der Waals surface area contributed by atoms with Gasteiger partial charge in [-0.05, 0) is 12.8 Å². The maximum absolute atomic E-state index is 12.4. The number of carbonyl (C=O) groups is 1. The minimum absolute atomic E-state index is 0.0635. The van der Waals surface area contributed by atoms with Gasteiger partial charge in [0, 0.05) is 18.6 Å². The minimum atomic E-state index is -0.259. The number of urea groups is 1. The van der Waals surface area contributed by atoms with E-state index in [0.29, 0.717) is 12.2 Å². The molecule has 0 unspecified atom stereocenters. The lowest BCUT2D eigenvalue weighted by atomic mass is 9.96. The van der Waals surface area contributed by atoms with Crippen LogP contribution in [-0.4, -0.2) is 46.7 Å². The van der Waals surface area contributed by atoms with Gasteiger partial charge in [0.1, 0.15) is 5.82 Å². The van der Waals surface area contributed by atoms with Crippen molar-refractivity contribution in [2.24, 2.45) is 0 Å². The first-order chi connectivity index (χ1) is 10.9. The zero-order valence-corrected chi connectivity index (χ0v) is 14.0. The van der Waals surface area contributed by atoms with Crippen LogP contribution in [0.4, 0.5) is 10.5 Å². The molecular weight excluding hydrogens is 292 g/mol. The van der Waals surface area contributed by atoms with E-state index in [4.69, 9.17) is 11.2 Å². The van der Waals surface area contributed by atoms with Gasteiger partial charge in [-0.25, -0.2) is 14.8 Å². The quantitative estimate of drug-likeness (QED) is 0.866. The Morgan fingerprint density at radius 1 is 1.48 bits per heavy atom. The molecule has 1 fully saturated rings. The molecule has 1 aromatic rings. The summed E-state index contributed by atoms with van der Waals surface area (Å²) in [6.45, 7) is 7.60. The Kier molecular flexibility index (Phi) is 5.56. The van der Waals surface area contributed by atoms with Gasteiger partial charge in [-0.15, -0.1) is 6.42 Å². The van der Waals surface area contributed by atoms with Gasteiger partial charge in [0.2, 0.25) is 0 Å². The average Bonchev–Trinajstić information content (AvgIpc) is 2.99. The van der Waals surface area contributed by atoms with Crippen molar-refractivity contribution in [3.63, 3.8) is 0 Å². The molecule has 1 aliphatic heterocycles. The van der Waals surface area contributed by atoms with Crippen LogP contribution >= 0.6 is 0 Å². The first-order valence-electron chi connectivity index (χ1n) is 7.83. The molecule has 0 spiro atoms. The highest BCUT2D eigenvalue weighted by Gasteiger charge is 2.22. The summed E-state index contributed by atoms with van der Waals surface area (Å²) in [5, 5.41) is 2.79. The zero-order chi connectivity index (χ0) is 16.9. The predicted molar refractivity (Wildman–Crippen MR) is 89.1 cm³/mol. The molecule has 23 heavy (non-hydrogen) atoms. The van der Waals surface area contributed by atoms with Crippen LogP contribution in [0.3, 0.4) is 0 Å².